The van der Waals surface area contributed by atoms with E-state index in [0.29, 0.717) is 36.3 Å². The molecule has 0 spiro atoms. The third-order valence-corrected chi connectivity index (χ3v) is 7.69. The molecule has 1 aromatic heterocycles. The highest BCUT2D eigenvalue weighted by molar-refractivity contribution is 7.89. The molecule has 0 radical (unpaired) electrons. The lowest BCUT2D eigenvalue weighted by atomic mass is 10.2. The fourth-order valence-electron chi connectivity index (χ4n) is 4.15. The fraction of sp³-hybridized carbons (Fsp3) is 0.636. The van der Waals surface area contributed by atoms with E-state index < -0.39 is 10.0 Å². The van der Waals surface area contributed by atoms with Crippen LogP contribution in [0.25, 0.3) is 11.0 Å². The van der Waals surface area contributed by atoms with Gasteiger partial charge in [-0.3, -0.25) is 4.79 Å². The summed E-state index contributed by atoms with van der Waals surface area (Å²) in [6.45, 7) is 6.90. The number of nitrogens with zero attached hydrogens (tertiary/aromatic N) is 4. The Bertz CT molecular complexity index is 972. The Morgan fingerprint density at radius 1 is 1.10 bits per heavy atom. The third-order valence-electron chi connectivity index (χ3n) is 5.80. The van der Waals surface area contributed by atoms with Crippen molar-refractivity contribution in [3.8, 4) is 0 Å². The van der Waals surface area contributed by atoms with Gasteiger partial charge in [0.2, 0.25) is 15.9 Å². The van der Waals surface area contributed by atoms with Crippen molar-refractivity contribution in [1.29, 1.82) is 0 Å². The van der Waals surface area contributed by atoms with Gasteiger partial charge < -0.3 is 9.47 Å². The molecule has 30 heavy (non-hydrogen) atoms. The van der Waals surface area contributed by atoms with E-state index in [2.05, 4.69) is 18.8 Å². The van der Waals surface area contributed by atoms with E-state index in [1.807, 2.05) is 22.6 Å². The summed E-state index contributed by atoms with van der Waals surface area (Å²) in [4.78, 5) is 19.5. The standard InChI is InChI=1S/C22H34N4O3S/c1-4-13-25(14-5-2)22(27)12-11-21-23-19-17-18(9-10-20(19)24(21)3)30(28,29)26-15-7-6-8-16-26/h9-10,17H,4-8,11-16H2,1-3H3. The molecule has 2 heterocycles. The highest BCUT2D eigenvalue weighted by Gasteiger charge is 2.26. The van der Waals surface area contributed by atoms with Gasteiger partial charge in [-0.05, 0) is 43.9 Å². The van der Waals surface area contributed by atoms with Crippen molar-refractivity contribution >= 4 is 27.0 Å². The van der Waals surface area contributed by atoms with E-state index in [1.54, 1.807) is 16.4 Å². The zero-order chi connectivity index (χ0) is 21.7. The molecule has 0 aliphatic carbocycles. The molecule has 0 N–H and O–H groups in total. The van der Waals surface area contributed by atoms with Crippen LogP contribution in [0.4, 0.5) is 0 Å². The molecule has 1 aromatic carbocycles. The average Bonchev–Trinajstić information content (AvgIpc) is 3.07. The number of carbonyl (C=O) groups excluding carboxylic acids is 1. The molecular formula is C22H34N4O3S. The Morgan fingerprint density at radius 2 is 1.77 bits per heavy atom. The van der Waals surface area contributed by atoms with Crippen molar-refractivity contribution in [3.63, 3.8) is 0 Å². The summed E-state index contributed by atoms with van der Waals surface area (Å²) in [6.07, 6.45) is 5.77. The molecule has 1 aliphatic heterocycles. The van der Waals surface area contributed by atoms with Gasteiger partial charge >= 0.3 is 0 Å². The molecule has 0 saturated carbocycles. The van der Waals surface area contributed by atoms with E-state index in [0.717, 1.165) is 56.5 Å². The van der Waals surface area contributed by atoms with Gasteiger partial charge in [-0.1, -0.05) is 20.3 Å². The normalized spacial score (nSPS) is 15.6. The second kappa shape index (κ2) is 9.92. The number of benzene rings is 1. The molecule has 1 fully saturated rings. The summed E-state index contributed by atoms with van der Waals surface area (Å²) >= 11 is 0. The van der Waals surface area contributed by atoms with Crippen molar-refractivity contribution in [2.75, 3.05) is 26.2 Å². The first-order chi connectivity index (χ1) is 14.4. The number of piperidine rings is 1. The van der Waals surface area contributed by atoms with E-state index in [1.165, 1.54) is 0 Å². The number of rotatable bonds is 9. The maximum atomic E-state index is 13.0. The molecule has 7 nitrogen and oxygen atoms in total. The number of imidazole rings is 1. The van der Waals surface area contributed by atoms with Crippen LogP contribution in [0, 0.1) is 0 Å². The van der Waals surface area contributed by atoms with Crippen LogP contribution in [0.3, 0.4) is 0 Å². The summed E-state index contributed by atoms with van der Waals surface area (Å²) < 4.78 is 29.5. The smallest absolute Gasteiger partial charge is 0.243 e. The molecule has 1 aliphatic rings. The number of amides is 1. The lowest BCUT2D eigenvalue weighted by Crippen LogP contribution is -2.35. The lowest BCUT2D eigenvalue weighted by Gasteiger charge is -2.25. The molecule has 0 unspecified atom stereocenters. The van der Waals surface area contributed by atoms with Gasteiger partial charge in [0.25, 0.3) is 0 Å². The molecule has 0 bridgehead atoms. The van der Waals surface area contributed by atoms with Gasteiger partial charge in [-0.25, -0.2) is 13.4 Å². The van der Waals surface area contributed by atoms with Gasteiger partial charge in [-0.2, -0.15) is 4.31 Å². The fourth-order valence-corrected chi connectivity index (χ4v) is 5.68. The van der Waals surface area contributed by atoms with Crippen molar-refractivity contribution in [2.45, 2.75) is 63.7 Å². The Balaban J connectivity index is 1.78. The van der Waals surface area contributed by atoms with Gasteiger partial charge in [0, 0.05) is 46.1 Å². The second-order valence-corrected chi connectivity index (χ2v) is 10.0. The van der Waals surface area contributed by atoms with E-state index in [9.17, 15) is 13.2 Å². The molecular weight excluding hydrogens is 400 g/mol. The number of aromatic nitrogens is 2. The number of hydrogen-bond acceptors (Lipinski definition) is 4. The largest absolute Gasteiger partial charge is 0.343 e. The molecule has 2 aromatic rings. The number of aryl methyl sites for hydroxylation is 2. The zero-order valence-electron chi connectivity index (χ0n) is 18.4. The van der Waals surface area contributed by atoms with Crippen LogP contribution in [0.15, 0.2) is 23.1 Å². The molecule has 3 rings (SSSR count). The number of carbonyl (C=O) groups is 1. The minimum absolute atomic E-state index is 0.152. The first kappa shape index (κ1) is 22.7. The van der Waals surface area contributed by atoms with Crippen LogP contribution >= 0.6 is 0 Å². The number of fused-ring (bicyclic) bond motifs is 1. The first-order valence-electron chi connectivity index (χ1n) is 11.1. The van der Waals surface area contributed by atoms with Crippen LogP contribution in [0.1, 0.15) is 58.2 Å². The Hall–Kier alpha value is -1.93. The van der Waals surface area contributed by atoms with E-state index >= 15 is 0 Å². The number of hydrogen-bond donors (Lipinski definition) is 0. The van der Waals surface area contributed by atoms with Gasteiger partial charge in [0.05, 0.1) is 15.9 Å². The zero-order valence-corrected chi connectivity index (χ0v) is 19.2. The van der Waals surface area contributed by atoms with Crippen molar-refractivity contribution in [2.24, 2.45) is 7.05 Å². The van der Waals surface area contributed by atoms with Crippen LogP contribution in [-0.4, -0.2) is 59.3 Å². The van der Waals surface area contributed by atoms with E-state index in [4.69, 9.17) is 0 Å². The topological polar surface area (TPSA) is 75.5 Å². The summed E-state index contributed by atoms with van der Waals surface area (Å²) in [5.41, 5.74) is 1.55. The van der Waals surface area contributed by atoms with Crippen molar-refractivity contribution in [1.82, 2.24) is 18.8 Å². The van der Waals surface area contributed by atoms with E-state index in [-0.39, 0.29) is 5.91 Å². The van der Waals surface area contributed by atoms with Gasteiger partial charge in [0.1, 0.15) is 5.82 Å². The Morgan fingerprint density at radius 3 is 2.40 bits per heavy atom. The first-order valence-corrected chi connectivity index (χ1v) is 12.6. The van der Waals surface area contributed by atoms with Gasteiger partial charge in [0.15, 0.2) is 0 Å². The Kier molecular flexibility index (Phi) is 7.52. The van der Waals surface area contributed by atoms with Crippen LogP contribution in [0.5, 0.6) is 0 Å². The maximum Gasteiger partial charge on any atom is 0.243 e. The maximum absolute atomic E-state index is 13.0. The minimum Gasteiger partial charge on any atom is -0.343 e. The van der Waals surface area contributed by atoms with Crippen molar-refractivity contribution in [3.05, 3.63) is 24.0 Å². The SMILES string of the molecule is CCCN(CCC)C(=O)CCc1nc2cc(S(=O)(=O)N3CCCCC3)ccc2n1C. The second-order valence-electron chi connectivity index (χ2n) is 8.08. The molecule has 1 saturated heterocycles. The average molecular weight is 435 g/mol. The summed E-state index contributed by atoms with van der Waals surface area (Å²) in [5, 5.41) is 0. The quantitative estimate of drug-likeness (QED) is 0.607. The van der Waals surface area contributed by atoms with Crippen LogP contribution in [-0.2, 0) is 28.3 Å². The highest BCUT2D eigenvalue weighted by atomic mass is 32.2. The predicted molar refractivity (Wildman–Crippen MR) is 119 cm³/mol. The summed E-state index contributed by atoms with van der Waals surface area (Å²) in [5.74, 6) is 0.956. The van der Waals surface area contributed by atoms with Gasteiger partial charge in [-0.15, -0.1) is 0 Å². The molecule has 166 valence electrons. The summed E-state index contributed by atoms with van der Waals surface area (Å²) in [7, 11) is -1.56. The molecule has 1 amide bonds. The monoisotopic (exact) mass is 434 g/mol. The van der Waals surface area contributed by atoms with Crippen LogP contribution in [0.2, 0.25) is 0 Å². The third kappa shape index (κ3) is 4.86. The number of sulfonamides is 1. The Labute approximate surface area is 180 Å². The molecule has 8 heteroatoms. The van der Waals surface area contributed by atoms with Crippen LogP contribution < -0.4 is 0 Å². The minimum atomic E-state index is -3.48. The van der Waals surface area contributed by atoms with Crippen molar-refractivity contribution < 1.29 is 13.2 Å². The molecule has 0 atom stereocenters. The lowest BCUT2D eigenvalue weighted by molar-refractivity contribution is -0.131. The predicted octanol–water partition coefficient (Wildman–Crippen LogP) is 3.33. The highest BCUT2D eigenvalue weighted by Crippen LogP contribution is 2.25. The summed E-state index contributed by atoms with van der Waals surface area (Å²) in [6, 6.07) is 5.17.